The summed E-state index contributed by atoms with van der Waals surface area (Å²) in [7, 11) is -1.34. The molecule has 1 aromatic heterocycles. The van der Waals surface area contributed by atoms with Crippen LogP contribution in [-0.2, 0) is 16.9 Å². The molecule has 2 heterocycles. The molecular formula is C13H22N4O3S. The average molecular weight is 314 g/mol. The fourth-order valence-corrected chi connectivity index (χ4v) is 4.34. The molecule has 21 heavy (non-hydrogen) atoms. The van der Waals surface area contributed by atoms with Gasteiger partial charge in [-0.05, 0) is 12.8 Å². The van der Waals surface area contributed by atoms with Crippen LogP contribution in [0.5, 0.6) is 0 Å². The summed E-state index contributed by atoms with van der Waals surface area (Å²) < 4.78 is 24.8. The predicted octanol–water partition coefficient (Wildman–Crippen LogP) is 0.432. The molecule has 0 spiro atoms. The van der Waals surface area contributed by atoms with Gasteiger partial charge in [-0.3, -0.25) is 9.48 Å². The van der Waals surface area contributed by atoms with Crippen LogP contribution >= 0.6 is 0 Å². The minimum atomic E-state index is -3.04. The summed E-state index contributed by atoms with van der Waals surface area (Å²) in [5.74, 6) is -0.0934. The highest BCUT2D eigenvalue weighted by atomic mass is 32.2. The summed E-state index contributed by atoms with van der Waals surface area (Å²) in [6, 6.07) is -0.268. The molecule has 1 aliphatic heterocycles. The van der Waals surface area contributed by atoms with E-state index in [4.69, 9.17) is 5.73 Å². The number of hydrogen-bond donors (Lipinski definition) is 1. The summed E-state index contributed by atoms with van der Waals surface area (Å²) in [5.41, 5.74) is 6.34. The molecule has 1 atom stereocenters. The topological polar surface area (TPSA) is 98.3 Å². The van der Waals surface area contributed by atoms with E-state index in [-0.39, 0.29) is 29.1 Å². The highest BCUT2D eigenvalue weighted by Gasteiger charge is 2.35. The van der Waals surface area contributed by atoms with Crippen molar-refractivity contribution in [1.82, 2.24) is 14.7 Å². The molecule has 1 aromatic rings. The highest BCUT2D eigenvalue weighted by Crippen LogP contribution is 2.22. The van der Waals surface area contributed by atoms with Crippen molar-refractivity contribution in [3.05, 3.63) is 11.9 Å². The lowest BCUT2D eigenvalue weighted by molar-refractivity contribution is 0.0688. The zero-order chi connectivity index (χ0) is 15.6. The van der Waals surface area contributed by atoms with Crippen LogP contribution in [0.25, 0.3) is 0 Å². The van der Waals surface area contributed by atoms with Crippen LogP contribution in [0.4, 0.5) is 5.69 Å². The first kappa shape index (κ1) is 15.8. The van der Waals surface area contributed by atoms with E-state index in [9.17, 15) is 13.2 Å². The van der Waals surface area contributed by atoms with E-state index in [1.807, 2.05) is 6.92 Å². The zero-order valence-electron chi connectivity index (χ0n) is 12.4. The third kappa shape index (κ3) is 3.55. The van der Waals surface area contributed by atoms with Gasteiger partial charge in [0.1, 0.15) is 0 Å². The molecule has 0 saturated carbocycles. The Kier molecular flexibility index (Phi) is 4.55. The number of aromatic nitrogens is 2. The largest absolute Gasteiger partial charge is 0.396 e. The standard InChI is InChI=1S/C13H22N4O3S/c1-3-4-6-17(10-5-7-21(19,20)9-10)13(18)12-11(14)8-16(2)15-12/h8,10H,3-7,9,14H2,1-2H3. The quantitative estimate of drug-likeness (QED) is 0.850. The second kappa shape index (κ2) is 6.05. The molecule has 8 heteroatoms. The van der Waals surface area contributed by atoms with Gasteiger partial charge in [-0.2, -0.15) is 5.10 Å². The summed E-state index contributed by atoms with van der Waals surface area (Å²) in [6.07, 6.45) is 3.83. The normalized spacial score (nSPS) is 20.6. The molecular weight excluding hydrogens is 292 g/mol. The van der Waals surface area contributed by atoms with Gasteiger partial charge in [-0.1, -0.05) is 13.3 Å². The molecule has 2 N–H and O–H groups in total. The van der Waals surface area contributed by atoms with E-state index in [2.05, 4.69) is 5.10 Å². The van der Waals surface area contributed by atoms with Gasteiger partial charge in [0.15, 0.2) is 15.5 Å². The second-order valence-corrected chi connectivity index (χ2v) is 7.74. The smallest absolute Gasteiger partial charge is 0.276 e. The fraction of sp³-hybridized carbons (Fsp3) is 0.692. The van der Waals surface area contributed by atoms with Gasteiger partial charge in [0.25, 0.3) is 5.91 Å². The number of unbranched alkanes of at least 4 members (excludes halogenated alkanes) is 1. The lowest BCUT2D eigenvalue weighted by Gasteiger charge is -2.27. The number of carbonyl (C=O) groups is 1. The number of nitrogen functional groups attached to an aromatic ring is 1. The lowest BCUT2D eigenvalue weighted by atomic mass is 10.1. The van der Waals surface area contributed by atoms with Crippen LogP contribution in [-0.4, -0.2) is 53.1 Å². The predicted molar refractivity (Wildman–Crippen MR) is 80.6 cm³/mol. The first-order valence-corrected chi connectivity index (χ1v) is 8.96. The molecule has 7 nitrogen and oxygen atoms in total. The van der Waals surface area contributed by atoms with Gasteiger partial charge in [-0.15, -0.1) is 0 Å². The molecule has 0 bridgehead atoms. The van der Waals surface area contributed by atoms with Crippen molar-refractivity contribution in [2.75, 3.05) is 23.8 Å². The van der Waals surface area contributed by atoms with Crippen LogP contribution in [0.3, 0.4) is 0 Å². The van der Waals surface area contributed by atoms with E-state index in [0.717, 1.165) is 12.8 Å². The molecule has 2 rings (SSSR count). The van der Waals surface area contributed by atoms with Crippen LogP contribution < -0.4 is 5.73 Å². The Labute approximate surface area is 125 Å². The number of sulfone groups is 1. The van der Waals surface area contributed by atoms with Crippen molar-refractivity contribution in [3.63, 3.8) is 0 Å². The number of aryl methyl sites for hydroxylation is 1. The average Bonchev–Trinajstić information content (AvgIpc) is 2.92. The lowest BCUT2D eigenvalue weighted by Crippen LogP contribution is -2.42. The molecule has 0 aromatic carbocycles. The maximum Gasteiger partial charge on any atom is 0.276 e. The molecule has 118 valence electrons. The molecule has 1 saturated heterocycles. The van der Waals surface area contributed by atoms with Crippen LogP contribution in [0, 0.1) is 0 Å². The van der Waals surface area contributed by atoms with Gasteiger partial charge < -0.3 is 10.6 Å². The first-order valence-electron chi connectivity index (χ1n) is 7.14. The first-order chi connectivity index (χ1) is 9.84. The van der Waals surface area contributed by atoms with Crippen molar-refractivity contribution in [3.8, 4) is 0 Å². The number of rotatable bonds is 5. The Hall–Kier alpha value is -1.57. The number of nitrogens with zero attached hydrogens (tertiary/aromatic N) is 3. The maximum absolute atomic E-state index is 12.7. The third-order valence-corrected chi connectivity index (χ3v) is 5.47. The van der Waals surface area contributed by atoms with E-state index in [1.165, 1.54) is 4.68 Å². The highest BCUT2D eigenvalue weighted by molar-refractivity contribution is 7.91. The molecule has 1 fully saturated rings. The SMILES string of the molecule is CCCCN(C(=O)c1nn(C)cc1N)C1CCS(=O)(=O)C1. The Morgan fingerprint density at radius 3 is 2.76 bits per heavy atom. The molecule has 1 aliphatic rings. The number of anilines is 1. The molecule has 1 amide bonds. The number of carbonyl (C=O) groups excluding carboxylic acids is 1. The summed E-state index contributed by atoms with van der Waals surface area (Å²) in [5, 5.41) is 4.10. The van der Waals surface area contributed by atoms with Crippen molar-refractivity contribution < 1.29 is 13.2 Å². The van der Waals surface area contributed by atoms with Crippen molar-refractivity contribution in [1.29, 1.82) is 0 Å². The molecule has 1 unspecified atom stereocenters. The van der Waals surface area contributed by atoms with Crippen molar-refractivity contribution in [2.45, 2.75) is 32.2 Å². The van der Waals surface area contributed by atoms with E-state index in [0.29, 0.717) is 18.7 Å². The maximum atomic E-state index is 12.7. The van der Waals surface area contributed by atoms with Crippen LogP contribution in [0.1, 0.15) is 36.7 Å². The van der Waals surface area contributed by atoms with Crippen molar-refractivity contribution >= 4 is 21.4 Å². The van der Waals surface area contributed by atoms with Gasteiger partial charge in [-0.25, -0.2) is 8.42 Å². The molecule has 0 aliphatic carbocycles. The second-order valence-electron chi connectivity index (χ2n) is 5.52. The monoisotopic (exact) mass is 314 g/mol. The number of hydrogen-bond acceptors (Lipinski definition) is 5. The van der Waals surface area contributed by atoms with Crippen molar-refractivity contribution in [2.24, 2.45) is 7.05 Å². The van der Waals surface area contributed by atoms with E-state index >= 15 is 0 Å². The fourth-order valence-electron chi connectivity index (χ4n) is 2.61. The van der Waals surface area contributed by atoms with Crippen LogP contribution in [0.15, 0.2) is 6.20 Å². The number of amides is 1. The van der Waals surface area contributed by atoms with Gasteiger partial charge in [0.2, 0.25) is 0 Å². The minimum Gasteiger partial charge on any atom is -0.396 e. The summed E-state index contributed by atoms with van der Waals surface area (Å²) in [4.78, 5) is 14.3. The van der Waals surface area contributed by atoms with E-state index < -0.39 is 9.84 Å². The zero-order valence-corrected chi connectivity index (χ0v) is 13.3. The van der Waals surface area contributed by atoms with E-state index in [1.54, 1.807) is 18.1 Å². The summed E-state index contributed by atoms with van der Waals surface area (Å²) in [6.45, 7) is 2.56. The number of nitrogens with two attached hydrogens (primary N) is 1. The third-order valence-electron chi connectivity index (χ3n) is 3.72. The Morgan fingerprint density at radius 1 is 1.57 bits per heavy atom. The van der Waals surface area contributed by atoms with Gasteiger partial charge in [0, 0.05) is 25.8 Å². The Balaban J connectivity index is 2.23. The Bertz CT molecular complexity index is 623. The van der Waals surface area contributed by atoms with Gasteiger partial charge >= 0.3 is 0 Å². The van der Waals surface area contributed by atoms with Crippen LogP contribution in [0.2, 0.25) is 0 Å². The summed E-state index contributed by atoms with van der Waals surface area (Å²) >= 11 is 0. The molecule has 0 radical (unpaired) electrons. The van der Waals surface area contributed by atoms with Gasteiger partial charge in [0.05, 0.1) is 17.2 Å². The minimum absolute atomic E-state index is 0.0369. The Morgan fingerprint density at radius 2 is 2.29 bits per heavy atom.